The number of rotatable bonds is 10. The highest BCUT2D eigenvalue weighted by atomic mass is 32.2. The Morgan fingerprint density at radius 1 is 1.29 bits per heavy atom. The third kappa shape index (κ3) is 7.66. The van der Waals surface area contributed by atoms with Crippen LogP contribution in [0.4, 0.5) is 0 Å². The fourth-order valence-electron chi connectivity index (χ4n) is 1.89. The van der Waals surface area contributed by atoms with E-state index in [-0.39, 0.29) is 5.97 Å². The maximum atomic E-state index is 11.3. The van der Waals surface area contributed by atoms with Gasteiger partial charge in [-0.15, -0.1) is 11.8 Å². The second-order valence-electron chi connectivity index (χ2n) is 4.02. The first-order valence-corrected chi connectivity index (χ1v) is 7.74. The van der Waals surface area contributed by atoms with Crippen molar-refractivity contribution in [3.63, 3.8) is 0 Å². The Hall–Kier alpha value is -0.220. The number of esters is 1. The topological polar surface area (TPSA) is 38.3 Å². The van der Waals surface area contributed by atoms with Gasteiger partial charge in [-0.25, -0.2) is 0 Å². The van der Waals surface area contributed by atoms with Gasteiger partial charge in [0.1, 0.15) is 0 Å². The molecule has 0 saturated heterocycles. The van der Waals surface area contributed by atoms with Gasteiger partial charge in [0, 0.05) is 11.3 Å². The second kappa shape index (κ2) is 10.9. The quantitative estimate of drug-likeness (QED) is 0.614. The van der Waals surface area contributed by atoms with Gasteiger partial charge in [0.25, 0.3) is 0 Å². The minimum Gasteiger partial charge on any atom is -0.465 e. The summed E-state index contributed by atoms with van der Waals surface area (Å²) in [6, 6.07) is 0.509. The highest BCUT2D eigenvalue weighted by Gasteiger charge is 2.20. The summed E-state index contributed by atoms with van der Waals surface area (Å²) in [4.78, 5) is 11.3. The standard InChI is InChI=1S/C13H27NO2S/c1-5-9-11(14-7-3)12(6-2)17-10-13(15)16-8-4/h11-12,14H,5-10H2,1-4H3. The van der Waals surface area contributed by atoms with Gasteiger partial charge < -0.3 is 10.1 Å². The number of hydrogen-bond acceptors (Lipinski definition) is 4. The van der Waals surface area contributed by atoms with Crippen molar-refractivity contribution >= 4 is 17.7 Å². The molecule has 0 saturated carbocycles. The molecule has 3 nitrogen and oxygen atoms in total. The molecular formula is C13H27NO2S. The van der Waals surface area contributed by atoms with Crippen LogP contribution in [0, 0.1) is 0 Å². The van der Waals surface area contributed by atoms with E-state index in [0.717, 1.165) is 13.0 Å². The first kappa shape index (κ1) is 16.8. The highest BCUT2D eigenvalue weighted by molar-refractivity contribution is 8.00. The van der Waals surface area contributed by atoms with E-state index in [1.807, 2.05) is 6.92 Å². The monoisotopic (exact) mass is 261 g/mol. The summed E-state index contributed by atoms with van der Waals surface area (Å²) < 4.78 is 4.96. The molecule has 0 aliphatic rings. The first-order chi connectivity index (χ1) is 8.19. The van der Waals surface area contributed by atoms with Crippen LogP contribution in [0.3, 0.4) is 0 Å². The molecule has 0 aliphatic carbocycles. The molecular weight excluding hydrogens is 234 g/mol. The van der Waals surface area contributed by atoms with Crippen molar-refractivity contribution in [1.29, 1.82) is 0 Å². The zero-order valence-electron chi connectivity index (χ0n) is 11.6. The van der Waals surface area contributed by atoms with E-state index in [0.29, 0.717) is 23.7 Å². The molecule has 2 unspecified atom stereocenters. The summed E-state index contributed by atoms with van der Waals surface area (Å²) in [7, 11) is 0. The third-order valence-corrected chi connectivity index (χ3v) is 4.13. The van der Waals surface area contributed by atoms with E-state index in [1.54, 1.807) is 11.8 Å². The average molecular weight is 261 g/mol. The normalized spacial score (nSPS) is 14.4. The predicted octanol–water partition coefficient (Wildman–Crippen LogP) is 2.84. The summed E-state index contributed by atoms with van der Waals surface area (Å²) >= 11 is 1.72. The summed E-state index contributed by atoms with van der Waals surface area (Å²) in [5.41, 5.74) is 0. The molecule has 0 rings (SSSR count). The molecule has 17 heavy (non-hydrogen) atoms. The summed E-state index contributed by atoms with van der Waals surface area (Å²) in [6.07, 6.45) is 3.43. The van der Waals surface area contributed by atoms with Crippen LogP contribution in [0.25, 0.3) is 0 Å². The van der Waals surface area contributed by atoms with Crippen molar-refractivity contribution in [2.45, 2.75) is 58.2 Å². The van der Waals surface area contributed by atoms with Gasteiger partial charge in [0.15, 0.2) is 0 Å². The number of thioether (sulfide) groups is 1. The van der Waals surface area contributed by atoms with Crippen molar-refractivity contribution in [3.8, 4) is 0 Å². The summed E-state index contributed by atoms with van der Waals surface area (Å²) in [6.45, 7) is 9.82. The first-order valence-electron chi connectivity index (χ1n) is 6.70. The van der Waals surface area contributed by atoms with Crippen molar-refractivity contribution in [3.05, 3.63) is 0 Å². The Balaban J connectivity index is 4.12. The molecule has 0 aromatic rings. The van der Waals surface area contributed by atoms with Gasteiger partial charge in [0.2, 0.25) is 0 Å². The Labute approximate surface area is 110 Å². The van der Waals surface area contributed by atoms with E-state index in [4.69, 9.17) is 4.74 Å². The Kier molecular flexibility index (Phi) is 10.8. The largest absolute Gasteiger partial charge is 0.465 e. The number of ether oxygens (including phenoxy) is 1. The van der Waals surface area contributed by atoms with Gasteiger partial charge in [-0.2, -0.15) is 0 Å². The van der Waals surface area contributed by atoms with Gasteiger partial charge in [-0.05, 0) is 26.3 Å². The third-order valence-electron chi connectivity index (χ3n) is 2.64. The SMILES string of the molecule is CCCC(NCC)C(CC)SCC(=O)OCC. The fourth-order valence-corrected chi connectivity index (χ4v) is 3.02. The van der Waals surface area contributed by atoms with E-state index >= 15 is 0 Å². The minimum absolute atomic E-state index is 0.0947. The molecule has 0 aromatic heterocycles. The lowest BCUT2D eigenvalue weighted by molar-refractivity contribution is -0.139. The number of carbonyl (C=O) groups is 1. The zero-order chi connectivity index (χ0) is 13.1. The smallest absolute Gasteiger partial charge is 0.315 e. The van der Waals surface area contributed by atoms with Crippen molar-refractivity contribution in [2.75, 3.05) is 18.9 Å². The van der Waals surface area contributed by atoms with E-state index in [1.165, 1.54) is 12.8 Å². The molecule has 2 atom stereocenters. The van der Waals surface area contributed by atoms with Crippen LogP contribution < -0.4 is 5.32 Å². The molecule has 4 heteroatoms. The van der Waals surface area contributed by atoms with Crippen LogP contribution >= 0.6 is 11.8 Å². The lowest BCUT2D eigenvalue weighted by Gasteiger charge is -2.26. The maximum Gasteiger partial charge on any atom is 0.315 e. The van der Waals surface area contributed by atoms with Crippen LogP contribution in [0.2, 0.25) is 0 Å². The molecule has 0 aliphatic heterocycles. The van der Waals surface area contributed by atoms with Crippen LogP contribution in [-0.2, 0) is 9.53 Å². The molecule has 0 bridgehead atoms. The van der Waals surface area contributed by atoms with Crippen LogP contribution in [0.1, 0.15) is 47.0 Å². The van der Waals surface area contributed by atoms with Gasteiger partial charge in [-0.3, -0.25) is 4.79 Å². The highest BCUT2D eigenvalue weighted by Crippen LogP contribution is 2.21. The molecule has 0 amide bonds. The number of nitrogens with one attached hydrogen (secondary N) is 1. The van der Waals surface area contributed by atoms with Crippen LogP contribution in [0.15, 0.2) is 0 Å². The Bertz CT molecular complexity index is 194. The molecule has 102 valence electrons. The summed E-state index contributed by atoms with van der Waals surface area (Å²) in [5.74, 6) is 0.375. The van der Waals surface area contributed by atoms with E-state index < -0.39 is 0 Å². The van der Waals surface area contributed by atoms with Crippen LogP contribution in [0.5, 0.6) is 0 Å². The van der Waals surface area contributed by atoms with Gasteiger partial charge in [0.05, 0.1) is 12.4 Å². The zero-order valence-corrected chi connectivity index (χ0v) is 12.4. The molecule has 1 N–H and O–H groups in total. The summed E-state index contributed by atoms with van der Waals surface area (Å²) in [5, 5.41) is 4.02. The number of carbonyl (C=O) groups excluding carboxylic acids is 1. The fraction of sp³-hybridized carbons (Fsp3) is 0.923. The Morgan fingerprint density at radius 2 is 2.00 bits per heavy atom. The van der Waals surface area contributed by atoms with Gasteiger partial charge in [-0.1, -0.05) is 27.2 Å². The average Bonchev–Trinajstić information content (AvgIpc) is 2.30. The van der Waals surface area contributed by atoms with Crippen LogP contribution in [-0.4, -0.2) is 36.2 Å². The lowest BCUT2D eigenvalue weighted by atomic mass is 10.1. The molecule has 0 radical (unpaired) electrons. The minimum atomic E-state index is -0.0947. The molecule has 0 heterocycles. The number of hydrogen-bond donors (Lipinski definition) is 1. The van der Waals surface area contributed by atoms with Crippen molar-refractivity contribution in [1.82, 2.24) is 5.32 Å². The van der Waals surface area contributed by atoms with Crippen molar-refractivity contribution < 1.29 is 9.53 Å². The van der Waals surface area contributed by atoms with E-state index in [9.17, 15) is 4.79 Å². The predicted molar refractivity (Wildman–Crippen MR) is 75.5 cm³/mol. The second-order valence-corrected chi connectivity index (χ2v) is 5.24. The van der Waals surface area contributed by atoms with Crippen molar-refractivity contribution in [2.24, 2.45) is 0 Å². The lowest BCUT2D eigenvalue weighted by Crippen LogP contribution is -2.38. The maximum absolute atomic E-state index is 11.3. The van der Waals surface area contributed by atoms with Gasteiger partial charge >= 0.3 is 5.97 Å². The van der Waals surface area contributed by atoms with E-state index in [2.05, 4.69) is 26.1 Å². The molecule has 0 spiro atoms. The molecule has 0 aromatic carbocycles. The Morgan fingerprint density at radius 3 is 2.47 bits per heavy atom. The molecule has 0 fully saturated rings.